The topological polar surface area (TPSA) is 116 Å². The lowest BCUT2D eigenvalue weighted by molar-refractivity contribution is -0.384. The second-order valence-electron chi connectivity index (χ2n) is 7.16. The SMILES string of the molecule is CCOc1cc(/C=N/NC(=O)CN2CCOCC2)cc(Br)c1OCc1cccc([N+](=O)[O-])c1. The molecule has 1 fully saturated rings. The van der Waals surface area contributed by atoms with Crippen LogP contribution in [-0.4, -0.2) is 61.4 Å². The summed E-state index contributed by atoms with van der Waals surface area (Å²) in [6, 6.07) is 9.79. The third kappa shape index (κ3) is 7.52. The Kier molecular flexibility index (Phi) is 9.16. The van der Waals surface area contributed by atoms with Crippen molar-refractivity contribution in [1.82, 2.24) is 10.3 Å². The van der Waals surface area contributed by atoms with Gasteiger partial charge in [-0.25, -0.2) is 5.43 Å². The van der Waals surface area contributed by atoms with Crippen molar-refractivity contribution in [1.29, 1.82) is 0 Å². The maximum Gasteiger partial charge on any atom is 0.269 e. The Labute approximate surface area is 199 Å². The molecule has 1 aliphatic rings. The van der Waals surface area contributed by atoms with E-state index in [1.165, 1.54) is 18.3 Å². The smallest absolute Gasteiger partial charge is 0.269 e. The van der Waals surface area contributed by atoms with Crippen molar-refractivity contribution in [2.75, 3.05) is 39.5 Å². The number of amides is 1. The summed E-state index contributed by atoms with van der Waals surface area (Å²) in [5, 5.41) is 15.0. The molecule has 0 bridgehead atoms. The van der Waals surface area contributed by atoms with Crippen LogP contribution in [0.1, 0.15) is 18.1 Å². The molecule has 0 radical (unpaired) electrons. The minimum Gasteiger partial charge on any atom is -0.490 e. The first-order chi connectivity index (χ1) is 16.0. The van der Waals surface area contributed by atoms with Crippen LogP contribution in [0.5, 0.6) is 11.5 Å². The number of nitro benzene ring substituents is 1. The summed E-state index contributed by atoms with van der Waals surface area (Å²) in [4.78, 5) is 24.6. The molecule has 33 heavy (non-hydrogen) atoms. The van der Waals surface area contributed by atoms with Crippen LogP contribution in [0.25, 0.3) is 0 Å². The van der Waals surface area contributed by atoms with Crippen LogP contribution in [0.2, 0.25) is 0 Å². The molecule has 0 saturated carbocycles. The molecule has 0 spiro atoms. The zero-order chi connectivity index (χ0) is 23.6. The normalized spacial score (nSPS) is 14.2. The molecule has 1 aliphatic heterocycles. The van der Waals surface area contributed by atoms with E-state index in [-0.39, 0.29) is 24.7 Å². The number of hydrazone groups is 1. The molecule has 3 rings (SSSR count). The molecule has 10 nitrogen and oxygen atoms in total. The zero-order valence-electron chi connectivity index (χ0n) is 18.2. The molecule has 11 heteroatoms. The van der Waals surface area contributed by atoms with Crippen molar-refractivity contribution in [3.8, 4) is 11.5 Å². The molecule has 1 saturated heterocycles. The summed E-state index contributed by atoms with van der Waals surface area (Å²) in [6.07, 6.45) is 1.52. The average Bonchev–Trinajstić information content (AvgIpc) is 2.79. The fraction of sp³-hybridized carbons (Fsp3) is 0.364. The second kappa shape index (κ2) is 12.3. The molecule has 1 N–H and O–H groups in total. The Bertz CT molecular complexity index is 1010. The number of hydrogen-bond acceptors (Lipinski definition) is 8. The third-order valence-electron chi connectivity index (χ3n) is 4.71. The van der Waals surface area contributed by atoms with E-state index in [0.29, 0.717) is 46.9 Å². The van der Waals surface area contributed by atoms with Crippen molar-refractivity contribution in [3.63, 3.8) is 0 Å². The van der Waals surface area contributed by atoms with Gasteiger partial charge in [-0.3, -0.25) is 19.8 Å². The molecule has 0 aromatic heterocycles. The highest BCUT2D eigenvalue weighted by Gasteiger charge is 2.15. The first-order valence-corrected chi connectivity index (χ1v) is 11.2. The van der Waals surface area contributed by atoms with Crippen LogP contribution in [0, 0.1) is 10.1 Å². The Balaban J connectivity index is 1.64. The van der Waals surface area contributed by atoms with E-state index in [1.807, 2.05) is 11.8 Å². The quantitative estimate of drug-likeness (QED) is 0.290. The number of non-ortho nitro benzene ring substituents is 1. The fourth-order valence-corrected chi connectivity index (χ4v) is 3.73. The molecule has 176 valence electrons. The van der Waals surface area contributed by atoms with Crippen molar-refractivity contribution in [2.45, 2.75) is 13.5 Å². The zero-order valence-corrected chi connectivity index (χ0v) is 19.7. The molecule has 0 aliphatic carbocycles. The van der Waals surface area contributed by atoms with Crippen molar-refractivity contribution >= 4 is 33.7 Å². The van der Waals surface area contributed by atoms with Crippen LogP contribution < -0.4 is 14.9 Å². The lowest BCUT2D eigenvalue weighted by Gasteiger charge is -2.25. The molecule has 1 heterocycles. The number of nitrogens with zero attached hydrogens (tertiary/aromatic N) is 3. The van der Waals surface area contributed by atoms with Crippen molar-refractivity contribution < 1.29 is 23.9 Å². The Morgan fingerprint density at radius 1 is 1.30 bits per heavy atom. The predicted molar refractivity (Wildman–Crippen MR) is 126 cm³/mol. The number of benzene rings is 2. The number of nitro groups is 1. The number of morpholine rings is 1. The Morgan fingerprint density at radius 2 is 2.09 bits per heavy atom. The third-order valence-corrected chi connectivity index (χ3v) is 5.30. The summed E-state index contributed by atoms with van der Waals surface area (Å²) in [5.74, 6) is 0.754. The molecule has 2 aromatic rings. The van der Waals surface area contributed by atoms with E-state index in [1.54, 1.807) is 24.3 Å². The number of nitrogens with one attached hydrogen (secondary N) is 1. The number of hydrogen-bond donors (Lipinski definition) is 1. The van der Waals surface area contributed by atoms with E-state index in [0.717, 1.165) is 13.1 Å². The van der Waals surface area contributed by atoms with Gasteiger partial charge in [-0.1, -0.05) is 12.1 Å². The summed E-state index contributed by atoms with van der Waals surface area (Å²) < 4.78 is 17.5. The number of carbonyl (C=O) groups excluding carboxylic acids is 1. The minimum atomic E-state index is -0.446. The summed E-state index contributed by atoms with van der Waals surface area (Å²) in [5.41, 5.74) is 3.89. The highest BCUT2D eigenvalue weighted by Crippen LogP contribution is 2.37. The summed E-state index contributed by atoms with van der Waals surface area (Å²) >= 11 is 3.49. The second-order valence-corrected chi connectivity index (χ2v) is 8.01. The minimum absolute atomic E-state index is 0.00224. The summed E-state index contributed by atoms with van der Waals surface area (Å²) in [6.45, 7) is 5.35. The van der Waals surface area contributed by atoms with Gasteiger partial charge >= 0.3 is 0 Å². The highest BCUT2D eigenvalue weighted by atomic mass is 79.9. The van der Waals surface area contributed by atoms with Gasteiger partial charge in [0.2, 0.25) is 0 Å². The monoisotopic (exact) mass is 520 g/mol. The van der Waals surface area contributed by atoms with Crippen molar-refractivity contribution in [2.24, 2.45) is 5.10 Å². The van der Waals surface area contributed by atoms with Gasteiger partial charge in [0, 0.05) is 25.2 Å². The van der Waals surface area contributed by atoms with Gasteiger partial charge in [0.1, 0.15) is 6.61 Å². The molecule has 0 atom stereocenters. The average molecular weight is 521 g/mol. The van der Waals surface area contributed by atoms with Gasteiger partial charge < -0.3 is 14.2 Å². The van der Waals surface area contributed by atoms with Crippen LogP contribution in [0.15, 0.2) is 46.0 Å². The maximum absolute atomic E-state index is 12.1. The lowest BCUT2D eigenvalue weighted by atomic mass is 10.2. The first-order valence-electron chi connectivity index (χ1n) is 10.4. The lowest BCUT2D eigenvalue weighted by Crippen LogP contribution is -2.42. The number of carbonyl (C=O) groups is 1. The van der Waals surface area contributed by atoms with Crippen LogP contribution in [0.4, 0.5) is 5.69 Å². The van der Waals surface area contributed by atoms with Crippen LogP contribution >= 0.6 is 15.9 Å². The van der Waals surface area contributed by atoms with Gasteiger partial charge in [-0.2, -0.15) is 5.10 Å². The van der Waals surface area contributed by atoms with E-state index >= 15 is 0 Å². The number of ether oxygens (including phenoxy) is 3. The van der Waals surface area contributed by atoms with Gasteiger partial charge in [0.05, 0.1) is 42.0 Å². The van der Waals surface area contributed by atoms with Crippen molar-refractivity contribution in [3.05, 3.63) is 62.1 Å². The Morgan fingerprint density at radius 3 is 2.82 bits per heavy atom. The van der Waals surface area contributed by atoms with Gasteiger partial charge in [0.25, 0.3) is 11.6 Å². The maximum atomic E-state index is 12.1. The van der Waals surface area contributed by atoms with E-state index in [2.05, 4.69) is 26.5 Å². The van der Waals surface area contributed by atoms with Crippen LogP contribution in [-0.2, 0) is 16.1 Å². The van der Waals surface area contributed by atoms with E-state index < -0.39 is 4.92 Å². The predicted octanol–water partition coefficient (Wildman–Crippen LogP) is 3.12. The molecular formula is C22H25BrN4O6. The van der Waals surface area contributed by atoms with E-state index in [9.17, 15) is 14.9 Å². The fourth-order valence-electron chi connectivity index (χ4n) is 3.16. The number of halogens is 1. The first kappa shape index (κ1) is 24.6. The highest BCUT2D eigenvalue weighted by molar-refractivity contribution is 9.10. The van der Waals surface area contributed by atoms with Gasteiger partial charge in [0.15, 0.2) is 11.5 Å². The van der Waals surface area contributed by atoms with Crippen LogP contribution in [0.3, 0.4) is 0 Å². The van der Waals surface area contributed by atoms with E-state index in [4.69, 9.17) is 14.2 Å². The largest absolute Gasteiger partial charge is 0.490 e. The summed E-state index contributed by atoms with van der Waals surface area (Å²) in [7, 11) is 0. The molecular weight excluding hydrogens is 496 g/mol. The standard InChI is InChI=1S/C22H25BrN4O6/c1-2-32-20-12-17(13-24-25-21(28)14-26-6-8-31-9-7-26)11-19(23)22(20)33-15-16-4-3-5-18(10-16)27(29)30/h3-5,10-13H,2,6-9,14-15H2,1H3,(H,25,28)/b24-13+. The molecule has 2 aromatic carbocycles. The van der Waals surface area contributed by atoms with Gasteiger partial charge in [-0.05, 0) is 46.1 Å². The number of rotatable bonds is 10. The Hall–Kier alpha value is -3.02. The van der Waals surface area contributed by atoms with Gasteiger partial charge in [-0.15, -0.1) is 0 Å². The molecule has 0 unspecified atom stereocenters. The molecule has 1 amide bonds.